The topological polar surface area (TPSA) is 83.0 Å². The molecule has 0 atom stereocenters. The van der Waals surface area contributed by atoms with Gasteiger partial charge in [-0.2, -0.15) is 0 Å². The molecule has 0 bridgehead atoms. The van der Waals surface area contributed by atoms with Gasteiger partial charge < -0.3 is 10.1 Å². The number of aromatic carboxylic acids is 1. The Morgan fingerprint density at radius 2 is 1.91 bits per heavy atom. The summed E-state index contributed by atoms with van der Waals surface area (Å²) in [4.78, 5) is 31.3. The van der Waals surface area contributed by atoms with Gasteiger partial charge in [0.15, 0.2) is 0 Å². The summed E-state index contributed by atoms with van der Waals surface area (Å²) < 4.78 is 0. The van der Waals surface area contributed by atoms with E-state index in [9.17, 15) is 14.7 Å². The van der Waals surface area contributed by atoms with Gasteiger partial charge in [-0.15, -0.1) is 11.3 Å². The average Bonchev–Trinajstić information content (AvgIpc) is 2.85. The number of aryl methyl sites for hydroxylation is 2. The number of aromatic amines is 1. The summed E-state index contributed by atoms with van der Waals surface area (Å²) in [6.07, 6.45) is 1.49. The molecule has 5 nitrogen and oxygen atoms in total. The summed E-state index contributed by atoms with van der Waals surface area (Å²) in [6.45, 7) is 3.74. The van der Waals surface area contributed by atoms with Gasteiger partial charge in [-0.25, -0.2) is 9.78 Å². The number of carboxylic acid groups (broad SMARTS) is 1. The Bertz CT molecular complexity index is 939. The largest absolute Gasteiger partial charge is 0.477 e. The molecular formula is C17H16N2O3S. The van der Waals surface area contributed by atoms with Gasteiger partial charge in [-0.3, -0.25) is 4.79 Å². The first-order valence-electron chi connectivity index (χ1n) is 7.33. The van der Waals surface area contributed by atoms with E-state index in [1.807, 2.05) is 12.1 Å². The number of carboxylic acids is 1. The first kappa shape index (κ1) is 15.4. The monoisotopic (exact) mass is 328 g/mol. The molecule has 6 heteroatoms. The minimum atomic E-state index is -1.03. The molecule has 0 aliphatic rings. The van der Waals surface area contributed by atoms with E-state index in [1.165, 1.54) is 5.56 Å². The summed E-state index contributed by atoms with van der Waals surface area (Å²) in [5.41, 5.74) is 2.50. The second-order valence-electron chi connectivity index (χ2n) is 5.40. The third kappa shape index (κ3) is 2.90. The van der Waals surface area contributed by atoms with Gasteiger partial charge >= 0.3 is 5.97 Å². The molecule has 0 spiro atoms. The number of fused-ring (bicyclic) bond motifs is 1. The molecule has 1 aromatic carbocycles. The SMILES string of the molecule is CCc1ccc(Cc2nc3sc(C(=O)O)c(C)c3c(=O)[nH]2)cc1. The van der Waals surface area contributed by atoms with Crippen molar-refractivity contribution in [3.63, 3.8) is 0 Å². The van der Waals surface area contributed by atoms with Crippen LogP contribution in [0.15, 0.2) is 29.1 Å². The molecule has 0 saturated heterocycles. The number of rotatable bonds is 4. The number of nitrogens with zero attached hydrogens (tertiary/aromatic N) is 1. The van der Waals surface area contributed by atoms with Gasteiger partial charge in [-0.05, 0) is 30.0 Å². The van der Waals surface area contributed by atoms with Crippen LogP contribution in [0.2, 0.25) is 0 Å². The van der Waals surface area contributed by atoms with Gasteiger partial charge in [-0.1, -0.05) is 31.2 Å². The molecule has 0 aliphatic carbocycles. The van der Waals surface area contributed by atoms with Crippen LogP contribution < -0.4 is 5.56 Å². The van der Waals surface area contributed by atoms with Gasteiger partial charge in [0.25, 0.3) is 5.56 Å². The molecule has 118 valence electrons. The summed E-state index contributed by atoms with van der Waals surface area (Å²) in [6, 6.07) is 8.16. The van der Waals surface area contributed by atoms with Crippen molar-refractivity contribution in [1.29, 1.82) is 0 Å². The molecule has 0 unspecified atom stereocenters. The van der Waals surface area contributed by atoms with E-state index in [4.69, 9.17) is 0 Å². The fraction of sp³-hybridized carbons (Fsp3) is 0.235. The molecule has 2 N–H and O–H groups in total. The molecule has 0 saturated carbocycles. The highest BCUT2D eigenvalue weighted by Crippen LogP contribution is 2.27. The van der Waals surface area contributed by atoms with Crippen molar-refractivity contribution in [2.45, 2.75) is 26.7 Å². The van der Waals surface area contributed by atoms with Gasteiger partial charge in [0.2, 0.25) is 0 Å². The summed E-state index contributed by atoms with van der Waals surface area (Å²) in [5, 5.41) is 9.55. The molecule has 0 fully saturated rings. The second kappa shape index (κ2) is 5.96. The number of hydrogen-bond acceptors (Lipinski definition) is 4. The van der Waals surface area contributed by atoms with Crippen LogP contribution in [0.25, 0.3) is 10.2 Å². The Balaban J connectivity index is 2.02. The summed E-state index contributed by atoms with van der Waals surface area (Å²) >= 11 is 1.05. The molecule has 23 heavy (non-hydrogen) atoms. The lowest BCUT2D eigenvalue weighted by molar-refractivity contribution is 0.0701. The molecule has 0 radical (unpaired) electrons. The van der Waals surface area contributed by atoms with Crippen LogP contribution in [0, 0.1) is 6.92 Å². The van der Waals surface area contributed by atoms with Crippen LogP contribution >= 0.6 is 11.3 Å². The van der Waals surface area contributed by atoms with Crippen LogP contribution in [0.5, 0.6) is 0 Å². The molecular weight excluding hydrogens is 312 g/mol. The van der Waals surface area contributed by atoms with Crippen molar-refractivity contribution in [1.82, 2.24) is 9.97 Å². The minimum absolute atomic E-state index is 0.169. The van der Waals surface area contributed by atoms with Crippen molar-refractivity contribution in [2.24, 2.45) is 0 Å². The maximum atomic E-state index is 12.3. The van der Waals surface area contributed by atoms with Crippen LogP contribution in [0.3, 0.4) is 0 Å². The standard InChI is InChI=1S/C17H16N2O3S/c1-3-10-4-6-11(7-5-10)8-12-18-15(20)13-9(2)14(17(21)22)23-16(13)19-12/h4-7H,3,8H2,1-2H3,(H,21,22)(H,18,19,20). The third-order valence-electron chi connectivity index (χ3n) is 3.85. The highest BCUT2D eigenvalue weighted by molar-refractivity contribution is 7.20. The van der Waals surface area contributed by atoms with Crippen molar-refractivity contribution in [3.05, 3.63) is 62.0 Å². The van der Waals surface area contributed by atoms with Crippen molar-refractivity contribution < 1.29 is 9.90 Å². The number of nitrogens with one attached hydrogen (secondary N) is 1. The summed E-state index contributed by atoms with van der Waals surface area (Å²) in [7, 11) is 0. The Hall–Kier alpha value is -2.47. The minimum Gasteiger partial charge on any atom is -0.477 e. The number of carbonyl (C=O) groups is 1. The highest BCUT2D eigenvalue weighted by Gasteiger charge is 2.18. The van der Waals surface area contributed by atoms with Gasteiger partial charge in [0.1, 0.15) is 15.5 Å². The van der Waals surface area contributed by atoms with Crippen LogP contribution in [0.1, 0.15) is 39.1 Å². The number of aromatic nitrogens is 2. The maximum Gasteiger partial charge on any atom is 0.346 e. The van der Waals surface area contributed by atoms with Crippen LogP contribution in [-0.4, -0.2) is 21.0 Å². The zero-order valence-electron chi connectivity index (χ0n) is 12.8. The zero-order chi connectivity index (χ0) is 16.6. The van der Waals surface area contributed by atoms with E-state index < -0.39 is 5.97 Å². The molecule has 0 aliphatic heterocycles. The molecule has 3 rings (SSSR count). The Morgan fingerprint density at radius 1 is 1.26 bits per heavy atom. The predicted octanol–water partition coefficient (Wildman–Crippen LogP) is 3.14. The van der Waals surface area contributed by atoms with Crippen molar-refractivity contribution in [3.8, 4) is 0 Å². The zero-order valence-corrected chi connectivity index (χ0v) is 13.7. The number of benzene rings is 1. The van der Waals surface area contributed by atoms with Gasteiger partial charge in [0.05, 0.1) is 5.39 Å². The van der Waals surface area contributed by atoms with E-state index in [2.05, 4.69) is 29.0 Å². The van der Waals surface area contributed by atoms with E-state index in [0.29, 0.717) is 28.0 Å². The highest BCUT2D eigenvalue weighted by atomic mass is 32.1. The quantitative estimate of drug-likeness (QED) is 0.771. The maximum absolute atomic E-state index is 12.3. The number of hydrogen-bond donors (Lipinski definition) is 2. The average molecular weight is 328 g/mol. The molecule has 2 heterocycles. The van der Waals surface area contributed by atoms with E-state index in [1.54, 1.807) is 6.92 Å². The van der Waals surface area contributed by atoms with Gasteiger partial charge in [0, 0.05) is 6.42 Å². The third-order valence-corrected chi connectivity index (χ3v) is 5.02. The fourth-order valence-electron chi connectivity index (χ4n) is 2.56. The van der Waals surface area contributed by atoms with Crippen molar-refractivity contribution in [2.75, 3.05) is 0 Å². The smallest absolute Gasteiger partial charge is 0.346 e. The Morgan fingerprint density at radius 3 is 2.52 bits per heavy atom. The predicted molar refractivity (Wildman–Crippen MR) is 90.6 cm³/mol. The Labute approximate surface area is 136 Å². The lowest BCUT2D eigenvalue weighted by Gasteiger charge is -2.03. The molecule has 0 amide bonds. The first-order valence-corrected chi connectivity index (χ1v) is 8.14. The number of H-pyrrole nitrogens is 1. The summed E-state index contributed by atoms with van der Waals surface area (Å²) in [5.74, 6) is -0.480. The first-order chi connectivity index (χ1) is 11.0. The van der Waals surface area contributed by atoms with Crippen molar-refractivity contribution >= 4 is 27.5 Å². The molecule has 2 aromatic heterocycles. The lowest BCUT2D eigenvalue weighted by Crippen LogP contribution is -2.12. The van der Waals surface area contributed by atoms with E-state index in [0.717, 1.165) is 23.3 Å². The normalized spacial score (nSPS) is 11.0. The van der Waals surface area contributed by atoms with E-state index in [-0.39, 0.29) is 10.4 Å². The fourth-order valence-corrected chi connectivity index (χ4v) is 3.60. The Kier molecular flexibility index (Phi) is 4.00. The van der Waals surface area contributed by atoms with Crippen LogP contribution in [-0.2, 0) is 12.8 Å². The number of thiophene rings is 1. The molecule has 3 aromatic rings. The van der Waals surface area contributed by atoms with E-state index >= 15 is 0 Å². The lowest BCUT2D eigenvalue weighted by atomic mass is 10.1. The van der Waals surface area contributed by atoms with Crippen LogP contribution in [0.4, 0.5) is 0 Å². The second-order valence-corrected chi connectivity index (χ2v) is 6.40.